The number of para-hydroxylation sites is 1. The van der Waals surface area contributed by atoms with E-state index in [2.05, 4.69) is 309 Å². The molecular weight excluding hydrogens is 966 g/mol. The molecule has 2 unspecified atom stereocenters. The summed E-state index contributed by atoms with van der Waals surface area (Å²) in [4.78, 5) is 8.26. The van der Waals surface area contributed by atoms with Gasteiger partial charge in [-0.2, -0.15) is 0 Å². The molecule has 1 saturated carbocycles. The highest BCUT2D eigenvalue weighted by molar-refractivity contribution is 7.00. The van der Waals surface area contributed by atoms with Crippen LogP contribution >= 0.6 is 0 Å². The van der Waals surface area contributed by atoms with E-state index in [9.17, 15) is 0 Å². The number of hydrogen-bond acceptors (Lipinski definition) is 3. The molecular formula is C76H86BN3. The first-order valence-corrected chi connectivity index (χ1v) is 29.8. The first-order chi connectivity index (χ1) is 37.5. The molecule has 0 saturated heterocycles. The first-order valence-electron chi connectivity index (χ1n) is 29.8. The quantitative estimate of drug-likeness (QED) is 0.159. The molecule has 0 aromatic heterocycles. The highest BCUT2D eigenvalue weighted by Crippen LogP contribution is 2.72. The number of rotatable bonds is 5. The van der Waals surface area contributed by atoms with Crippen molar-refractivity contribution in [3.05, 3.63) is 198 Å². The minimum atomic E-state index is -0.345. The number of benzene rings is 8. The molecule has 12 rings (SSSR count). The highest BCUT2D eigenvalue weighted by Gasteiger charge is 2.70. The number of anilines is 8. The fourth-order valence-corrected chi connectivity index (χ4v) is 15.0. The molecule has 8 aromatic carbocycles. The molecule has 80 heavy (non-hydrogen) atoms. The van der Waals surface area contributed by atoms with Crippen LogP contribution in [0.2, 0.25) is 0 Å². The summed E-state index contributed by atoms with van der Waals surface area (Å²) in [5, 5.41) is 0. The summed E-state index contributed by atoms with van der Waals surface area (Å²) in [5.41, 5.74) is 24.6. The summed E-state index contributed by atoms with van der Waals surface area (Å²) in [5.74, 6) is 0. The maximum Gasteiger partial charge on any atom is 0.252 e. The smallest absolute Gasteiger partial charge is 0.252 e. The van der Waals surface area contributed by atoms with Crippen molar-refractivity contribution in [3.63, 3.8) is 0 Å². The largest absolute Gasteiger partial charge is 0.334 e. The van der Waals surface area contributed by atoms with Crippen LogP contribution in [0.5, 0.6) is 0 Å². The topological polar surface area (TPSA) is 9.72 Å². The average Bonchev–Trinajstić information content (AvgIpc) is 3.75. The highest BCUT2D eigenvalue weighted by atomic mass is 15.3. The SMILES string of the molecule is CC(C)(C)c1ccc(N2c3ccccc3B3c4ccc(C(C)(C)C)cc4N(c4ccc(C(C)(C)C)cc4-c4ccccc4)c4cc(N5c6ccc(C(C)(C)C)cc6C6(C)C(C)(C)CCC(C)(C)C56C)cc2c43)c(-c2ccccc2)c1. The van der Waals surface area contributed by atoms with E-state index < -0.39 is 0 Å². The molecule has 8 aromatic rings. The van der Waals surface area contributed by atoms with Crippen molar-refractivity contribution in [2.45, 2.75) is 170 Å². The van der Waals surface area contributed by atoms with Gasteiger partial charge in [0.25, 0.3) is 6.71 Å². The van der Waals surface area contributed by atoms with Gasteiger partial charge in [0.05, 0.1) is 16.9 Å². The predicted molar refractivity (Wildman–Crippen MR) is 347 cm³/mol. The molecule has 0 amide bonds. The van der Waals surface area contributed by atoms with Crippen LogP contribution in [0.1, 0.15) is 165 Å². The molecule has 4 aliphatic rings. The van der Waals surface area contributed by atoms with Crippen molar-refractivity contribution in [3.8, 4) is 22.3 Å². The van der Waals surface area contributed by atoms with Crippen LogP contribution < -0.4 is 31.1 Å². The van der Waals surface area contributed by atoms with Gasteiger partial charge in [-0.1, -0.05) is 233 Å². The monoisotopic (exact) mass is 1050 g/mol. The molecule has 1 aliphatic carbocycles. The summed E-state index contributed by atoms with van der Waals surface area (Å²) in [7, 11) is 0. The van der Waals surface area contributed by atoms with Crippen LogP contribution in [0, 0.1) is 10.8 Å². The van der Waals surface area contributed by atoms with Crippen LogP contribution in [0.15, 0.2) is 170 Å². The Balaban J connectivity index is 1.27. The number of fused-ring (bicyclic) bond motifs is 7. The fraction of sp³-hybridized carbons (Fsp3) is 0.368. The minimum Gasteiger partial charge on any atom is -0.334 e. The molecule has 0 spiro atoms. The van der Waals surface area contributed by atoms with Crippen LogP contribution in [-0.4, -0.2) is 12.3 Å². The fourth-order valence-electron chi connectivity index (χ4n) is 15.0. The van der Waals surface area contributed by atoms with Crippen LogP contribution in [-0.2, 0) is 27.1 Å². The predicted octanol–water partition coefficient (Wildman–Crippen LogP) is 19.3. The van der Waals surface area contributed by atoms with E-state index in [1.807, 2.05) is 0 Å². The molecule has 408 valence electrons. The Morgan fingerprint density at radius 1 is 0.362 bits per heavy atom. The standard InChI is InChI=1S/C76H86BN3/c1-69(2,3)51-34-38-61(56(43-51)49-27-21-19-22-28-49)78-64-32-26-25-31-59(64)77-60-37-33-54(72(10,11)12)46-65(60)79(62-39-35-52(70(4,5)6)44-57(62)50-29-23-20-24-30-50)67-48-55(47-66(78)68(67)77)80-63-40-36-53(71(7,8)9)45-58(63)75(17)73(13,14)41-42-74(15,16)76(75,80)18/h19-40,43-48H,41-42H2,1-18H3. The zero-order valence-electron chi connectivity index (χ0n) is 51.5. The summed E-state index contributed by atoms with van der Waals surface area (Å²) in [6.45, 7) is 43.8. The van der Waals surface area contributed by atoms with Gasteiger partial charge in [-0.05, 0) is 162 Å². The Bertz CT molecular complexity index is 3760. The lowest BCUT2D eigenvalue weighted by molar-refractivity contribution is -0.0415. The second kappa shape index (κ2) is 17.9. The van der Waals surface area contributed by atoms with E-state index >= 15 is 0 Å². The third-order valence-corrected chi connectivity index (χ3v) is 20.6. The van der Waals surface area contributed by atoms with Gasteiger partial charge in [-0.25, -0.2) is 0 Å². The second-order valence-electron chi connectivity index (χ2n) is 30.1. The van der Waals surface area contributed by atoms with Gasteiger partial charge >= 0.3 is 0 Å². The molecule has 0 N–H and O–H groups in total. The van der Waals surface area contributed by atoms with E-state index in [4.69, 9.17) is 0 Å². The summed E-state index contributed by atoms with van der Waals surface area (Å²) < 4.78 is 0. The summed E-state index contributed by atoms with van der Waals surface area (Å²) in [6, 6.07) is 66.7. The molecule has 0 radical (unpaired) electrons. The van der Waals surface area contributed by atoms with Crippen LogP contribution in [0.3, 0.4) is 0 Å². The summed E-state index contributed by atoms with van der Waals surface area (Å²) >= 11 is 0. The van der Waals surface area contributed by atoms with Crippen LogP contribution in [0.4, 0.5) is 45.5 Å². The van der Waals surface area contributed by atoms with Gasteiger partial charge in [0, 0.05) is 50.7 Å². The third-order valence-electron chi connectivity index (χ3n) is 20.6. The average molecular weight is 1050 g/mol. The Morgan fingerprint density at radius 2 is 0.775 bits per heavy atom. The van der Waals surface area contributed by atoms with Gasteiger partial charge in [0.15, 0.2) is 0 Å². The third kappa shape index (κ3) is 7.95. The van der Waals surface area contributed by atoms with E-state index in [-0.39, 0.29) is 50.2 Å². The Kier molecular flexibility index (Phi) is 12.0. The zero-order valence-corrected chi connectivity index (χ0v) is 51.5. The van der Waals surface area contributed by atoms with E-state index in [1.54, 1.807) is 0 Å². The van der Waals surface area contributed by atoms with E-state index in [0.717, 1.165) is 12.8 Å². The molecule has 1 fully saturated rings. The van der Waals surface area contributed by atoms with Crippen molar-refractivity contribution in [1.29, 1.82) is 0 Å². The number of hydrogen-bond donors (Lipinski definition) is 0. The van der Waals surface area contributed by atoms with Gasteiger partial charge in [0.1, 0.15) is 0 Å². The Morgan fingerprint density at radius 3 is 1.29 bits per heavy atom. The first kappa shape index (κ1) is 53.8. The lowest BCUT2D eigenvalue weighted by Crippen LogP contribution is -2.69. The van der Waals surface area contributed by atoms with Gasteiger partial charge in [0.2, 0.25) is 0 Å². The van der Waals surface area contributed by atoms with Crippen LogP contribution in [0.25, 0.3) is 22.3 Å². The van der Waals surface area contributed by atoms with Gasteiger partial charge in [-0.15, -0.1) is 0 Å². The van der Waals surface area contributed by atoms with Crippen molar-refractivity contribution in [2.24, 2.45) is 10.8 Å². The van der Waals surface area contributed by atoms with Crippen molar-refractivity contribution >= 4 is 68.6 Å². The second-order valence-corrected chi connectivity index (χ2v) is 30.1. The normalized spacial score (nSPS) is 20.0. The lowest BCUT2D eigenvalue weighted by Gasteiger charge is -2.65. The molecule has 3 nitrogen and oxygen atoms in total. The van der Waals surface area contributed by atoms with E-state index in [0.29, 0.717) is 0 Å². The Hall–Kier alpha value is -6.78. The zero-order chi connectivity index (χ0) is 57.1. The Labute approximate surface area is 481 Å². The number of nitrogens with zero attached hydrogens (tertiary/aromatic N) is 3. The van der Waals surface area contributed by atoms with Gasteiger partial charge < -0.3 is 14.7 Å². The maximum atomic E-state index is 2.88. The lowest BCUT2D eigenvalue weighted by atomic mass is 9.33. The molecule has 0 bridgehead atoms. The maximum absolute atomic E-state index is 2.88. The summed E-state index contributed by atoms with van der Waals surface area (Å²) in [6.07, 6.45) is 2.28. The molecule has 3 heterocycles. The van der Waals surface area contributed by atoms with Crippen molar-refractivity contribution in [1.82, 2.24) is 0 Å². The van der Waals surface area contributed by atoms with Crippen molar-refractivity contribution < 1.29 is 0 Å². The van der Waals surface area contributed by atoms with E-state index in [1.165, 1.54) is 112 Å². The van der Waals surface area contributed by atoms with Crippen molar-refractivity contribution in [2.75, 3.05) is 14.7 Å². The molecule has 2 atom stereocenters. The minimum absolute atomic E-state index is 0.0110. The molecule has 4 heteroatoms. The van der Waals surface area contributed by atoms with Gasteiger partial charge in [-0.3, -0.25) is 0 Å². The molecule has 3 aliphatic heterocycles.